The van der Waals surface area contributed by atoms with Crippen LogP contribution in [-0.2, 0) is 0 Å². The van der Waals surface area contributed by atoms with Crippen LogP contribution in [0.5, 0.6) is 11.5 Å². The predicted molar refractivity (Wildman–Crippen MR) is 94.7 cm³/mol. The van der Waals surface area contributed by atoms with Crippen LogP contribution in [0.4, 0.5) is 17.1 Å². The van der Waals surface area contributed by atoms with Crippen LogP contribution in [0.15, 0.2) is 59.2 Å². The van der Waals surface area contributed by atoms with Gasteiger partial charge in [0, 0.05) is 11.3 Å². The van der Waals surface area contributed by atoms with Crippen molar-refractivity contribution in [3.05, 3.63) is 54.6 Å². The summed E-state index contributed by atoms with van der Waals surface area (Å²) in [5.74, 6) is -0.342. The molecule has 4 aromatic rings. The largest absolute Gasteiger partial charge is 0.504 e. The molecule has 7 nitrogen and oxygen atoms in total. The number of para-hydroxylation sites is 1. The molecule has 124 valence electrons. The van der Waals surface area contributed by atoms with Crippen molar-refractivity contribution in [1.29, 1.82) is 0 Å². The molecular formula is C18H14N4O3. The van der Waals surface area contributed by atoms with Crippen LogP contribution in [0.3, 0.4) is 0 Å². The van der Waals surface area contributed by atoms with Gasteiger partial charge in [0.1, 0.15) is 0 Å². The average molecular weight is 334 g/mol. The molecule has 0 fully saturated rings. The van der Waals surface area contributed by atoms with Gasteiger partial charge in [0.2, 0.25) is 0 Å². The molecule has 0 bridgehead atoms. The number of hydrogen-bond acceptors (Lipinski definition) is 7. The van der Waals surface area contributed by atoms with Crippen molar-refractivity contribution in [2.24, 2.45) is 0 Å². The van der Waals surface area contributed by atoms with E-state index in [1.54, 1.807) is 18.2 Å². The maximum Gasteiger partial charge on any atom is 0.160 e. The van der Waals surface area contributed by atoms with Crippen molar-refractivity contribution in [1.82, 2.24) is 10.3 Å². The Hall–Kier alpha value is -3.74. The number of benzene rings is 3. The van der Waals surface area contributed by atoms with Crippen molar-refractivity contribution in [2.75, 3.05) is 11.1 Å². The number of rotatable bonds is 3. The molecule has 5 N–H and O–H groups in total. The van der Waals surface area contributed by atoms with E-state index in [1.165, 1.54) is 12.1 Å². The van der Waals surface area contributed by atoms with E-state index in [0.717, 1.165) is 16.8 Å². The minimum absolute atomic E-state index is 0.164. The summed E-state index contributed by atoms with van der Waals surface area (Å²) >= 11 is 0. The molecule has 0 atom stereocenters. The van der Waals surface area contributed by atoms with Crippen molar-refractivity contribution in [2.45, 2.75) is 0 Å². The maximum atomic E-state index is 9.77. The van der Waals surface area contributed by atoms with Crippen molar-refractivity contribution >= 4 is 28.1 Å². The number of phenols is 2. The molecule has 3 aromatic carbocycles. The SMILES string of the molecule is Nc1ccc(Nc2ccccc2-c2ccc(O)c(O)c2)c2nonc12. The number of nitrogens with two attached hydrogens (primary N) is 1. The first-order valence-electron chi connectivity index (χ1n) is 7.52. The first kappa shape index (κ1) is 14.8. The van der Waals surface area contributed by atoms with Crippen molar-refractivity contribution in [3.63, 3.8) is 0 Å². The molecule has 0 aliphatic rings. The summed E-state index contributed by atoms with van der Waals surface area (Å²) in [5, 5.41) is 30.3. The Bertz CT molecular complexity index is 1080. The minimum atomic E-state index is -0.178. The first-order chi connectivity index (χ1) is 12.1. The van der Waals surface area contributed by atoms with Gasteiger partial charge in [-0.2, -0.15) is 0 Å². The number of nitrogens with zero attached hydrogens (tertiary/aromatic N) is 2. The molecule has 0 unspecified atom stereocenters. The third-order valence-corrected chi connectivity index (χ3v) is 3.93. The van der Waals surface area contributed by atoms with Gasteiger partial charge in [-0.05, 0) is 46.2 Å². The fourth-order valence-corrected chi connectivity index (χ4v) is 2.67. The molecule has 25 heavy (non-hydrogen) atoms. The second-order valence-electron chi connectivity index (χ2n) is 5.54. The van der Waals surface area contributed by atoms with Crippen LogP contribution in [0.25, 0.3) is 22.2 Å². The zero-order valence-electron chi connectivity index (χ0n) is 13.0. The van der Waals surface area contributed by atoms with Crippen molar-refractivity contribution < 1.29 is 14.8 Å². The monoisotopic (exact) mass is 334 g/mol. The minimum Gasteiger partial charge on any atom is -0.504 e. The summed E-state index contributed by atoms with van der Waals surface area (Å²) in [6.45, 7) is 0. The molecular weight excluding hydrogens is 320 g/mol. The van der Waals surface area contributed by atoms with E-state index in [0.29, 0.717) is 22.4 Å². The second kappa shape index (κ2) is 5.72. The molecule has 0 radical (unpaired) electrons. The molecule has 0 saturated carbocycles. The molecule has 0 amide bonds. The number of fused-ring (bicyclic) bond motifs is 1. The van der Waals surface area contributed by atoms with Gasteiger partial charge in [-0.3, -0.25) is 0 Å². The van der Waals surface area contributed by atoms with E-state index in [1.807, 2.05) is 24.3 Å². The molecule has 1 heterocycles. The summed E-state index contributed by atoms with van der Waals surface area (Å²) in [7, 11) is 0. The highest BCUT2D eigenvalue weighted by Gasteiger charge is 2.13. The van der Waals surface area contributed by atoms with Crippen LogP contribution in [0, 0.1) is 0 Å². The zero-order chi connectivity index (χ0) is 17.4. The van der Waals surface area contributed by atoms with Gasteiger partial charge >= 0.3 is 0 Å². The van der Waals surface area contributed by atoms with E-state index in [9.17, 15) is 10.2 Å². The van der Waals surface area contributed by atoms with Crippen LogP contribution < -0.4 is 11.1 Å². The lowest BCUT2D eigenvalue weighted by Gasteiger charge is -2.13. The van der Waals surface area contributed by atoms with Gasteiger partial charge < -0.3 is 21.3 Å². The van der Waals surface area contributed by atoms with E-state index < -0.39 is 0 Å². The summed E-state index contributed by atoms with van der Waals surface area (Å²) in [5.41, 5.74) is 10.5. The maximum absolute atomic E-state index is 9.77. The zero-order valence-corrected chi connectivity index (χ0v) is 13.0. The number of phenolic OH excluding ortho intramolecular Hbond substituents is 2. The van der Waals surface area contributed by atoms with Crippen LogP contribution in [-0.4, -0.2) is 20.5 Å². The van der Waals surface area contributed by atoms with Gasteiger partial charge in [-0.15, -0.1) is 0 Å². The number of nitrogen functional groups attached to an aromatic ring is 1. The third-order valence-electron chi connectivity index (χ3n) is 3.93. The Morgan fingerprint density at radius 3 is 2.48 bits per heavy atom. The van der Waals surface area contributed by atoms with Crippen LogP contribution in [0.1, 0.15) is 0 Å². The van der Waals surface area contributed by atoms with E-state index in [2.05, 4.69) is 15.6 Å². The Morgan fingerprint density at radius 2 is 1.64 bits per heavy atom. The lowest BCUT2D eigenvalue weighted by molar-refractivity contribution is 0.316. The van der Waals surface area contributed by atoms with Gasteiger partial charge in [0.15, 0.2) is 22.5 Å². The fourth-order valence-electron chi connectivity index (χ4n) is 2.67. The highest BCUT2D eigenvalue weighted by Crippen LogP contribution is 2.36. The van der Waals surface area contributed by atoms with E-state index in [4.69, 9.17) is 10.4 Å². The quantitative estimate of drug-likeness (QED) is 0.334. The number of hydrogen-bond donors (Lipinski definition) is 4. The number of aromatic hydroxyl groups is 2. The summed E-state index contributed by atoms with van der Waals surface area (Å²) in [4.78, 5) is 0. The molecule has 0 aliphatic carbocycles. The number of anilines is 3. The molecule has 4 rings (SSSR count). The Balaban J connectivity index is 1.80. The molecule has 0 spiro atoms. The van der Waals surface area contributed by atoms with Gasteiger partial charge in [0.05, 0.1) is 11.4 Å². The highest BCUT2D eigenvalue weighted by atomic mass is 16.6. The predicted octanol–water partition coefficient (Wildman–Crippen LogP) is 3.63. The average Bonchev–Trinajstić information content (AvgIpc) is 3.11. The molecule has 1 aromatic heterocycles. The Labute approximate surface area is 142 Å². The van der Waals surface area contributed by atoms with Crippen LogP contribution in [0.2, 0.25) is 0 Å². The van der Waals surface area contributed by atoms with Gasteiger partial charge in [0.25, 0.3) is 0 Å². The smallest absolute Gasteiger partial charge is 0.160 e. The summed E-state index contributed by atoms with van der Waals surface area (Å²) < 4.78 is 4.79. The Kier molecular flexibility index (Phi) is 3.39. The standard InChI is InChI=1S/C18H14N4O3/c19-12-6-7-14(18-17(12)21-25-22-18)20-13-4-2-1-3-11(13)10-5-8-15(23)16(24)9-10/h1-9,20,23-24H,19H2. The number of aromatic nitrogens is 2. The van der Waals surface area contributed by atoms with E-state index >= 15 is 0 Å². The van der Waals surface area contributed by atoms with Crippen molar-refractivity contribution in [3.8, 4) is 22.6 Å². The summed E-state index contributed by atoms with van der Waals surface area (Å²) in [6, 6.07) is 15.8. The lowest BCUT2D eigenvalue weighted by Crippen LogP contribution is -1.96. The number of nitrogens with one attached hydrogen (secondary N) is 1. The fraction of sp³-hybridized carbons (Fsp3) is 0. The Morgan fingerprint density at radius 1 is 0.840 bits per heavy atom. The topological polar surface area (TPSA) is 117 Å². The first-order valence-corrected chi connectivity index (χ1v) is 7.52. The second-order valence-corrected chi connectivity index (χ2v) is 5.54. The molecule has 0 aliphatic heterocycles. The highest BCUT2D eigenvalue weighted by molar-refractivity contribution is 5.97. The van der Waals surface area contributed by atoms with E-state index in [-0.39, 0.29) is 11.5 Å². The summed E-state index contributed by atoms with van der Waals surface area (Å²) in [6.07, 6.45) is 0. The molecule has 0 saturated heterocycles. The lowest BCUT2D eigenvalue weighted by atomic mass is 10.0. The van der Waals surface area contributed by atoms with Gasteiger partial charge in [-0.25, -0.2) is 4.63 Å². The normalized spacial score (nSPS) is 10.9. The van der Waals surface area contributed by atoms with Gasteiger partial charge in [-0.1, -0.05) is 24.3 Å². The molecule has 7 heteroatoms. The third kappa shape index (κ3) is 2.57. The van der Waals surface area contributed by atoms with Crippen LogP contribution >= 0.6 is 0 Å².